The van der Waals surface area contributed by atoms with Gasteiger partial charge >= 0.3 is 0 Å². The zero-order valence-corrected chi connectivity index (χ0v) is 13.0. The van der Waals surface area contributed by atoms with Crippen LogP contribution in [0, 0.1) is 18.8 Å². The largest absolute Gasteiger partial charge is 0.276 e. The minimum absolute atomic E-state index is 0.209. The van der Waals surface area contributed by atoms with E-state index in [9.17, 15) is 8.42 Å². The molecule has 4 nitrogen and oxygen atoms in total. The fraction of sp³-hybridized carbons (Fsp3) is 0.500. The summed E-state index contributed by atoms with van der Waals surface area (Å²) >= 11 is 0. The number of rotatable bonds is 5. The highest BCUT2D eigenvalue weighted by Crippen LogP contribution is 2.11. The van der Waals surface area contributed by atoms with Gasteiger partial charge in [-0.15, -0.1) is 0 Å². The molecule has 0 aliphatic carbocycles. The highest BCUT2D eigenvalue weighted by atomic mass is 32.2. The molecule has 5 heteroatoms. The molecule has 0 saturated heterocycles. The van der Waals surface area contributed by atoms with E-state index in [1.54, 1.807) is 24.3 Å². The van der Waals surface area contributed by atoms with Gasteiger partial charge in [-0.2, -0.15) is 13.5 Å². The fourth-order valence-electron chi connectivity index (χ4n) is 1.81. The lowest BCUT2D eigenvalue weighted by atomic mass is 9.98. The van der Waals surface area contributed by atoms with E-state index < -0.39 is 10.0 Å². The number of hydrogen-bond acceptors (Lipinski definition) is 3. The summed E-state index contributed by atoms with van der Waals surface area (Å²) in [6, 6.07) is 6.70. The van der Waals surface area contributed by atoms with Crippen molar-refractivity contribution < 1.29 is 8.42 Å². The Bertz CT molecular complexity index is 533. The standard InChI is InChI=1S/C14H22N2O2S/c1-10(2)14(11(3)4)15-16-19(17,18)13-8-6-12(5)7-9-13/h6-11,16H,1-5H3. The molecule has 0 heterocycles. The molecule has 0 bridgehead atoms. The summed E-state index contributed by atoms with van der Waals surface area (Å²) in [5.74, 6) is 0.418. The average molecular weight is 282 g/mol. The summed E-state index contributed by atoms with van der Waals surface area (Å²) in [5, 5.41) is 4.07. The molecule has 0 saturated carbocycles. The van der Waals surface area contributed by atoms with Gasteiger partial charge in [0.2, 0.25) is 0 Å². The molecule has 0 spiro atoms. The summed E-state index contributed by atoms with van der Waals surface area (Å²) in [7, 11) is -3.58. The average Bonchev–Trinajstić information content (AvgIpc) is 2.28. The predicted molar refractivity (Wildman–Crippen MR) is 78.6 cm³/mol. The Morgan fingerprint density at radius 1 is 1.05 bits per heavy atom. The lowest BCUT2D eigenvalue weighted by Crippen LogP contribution is -2.24. The first-order chi connectivity index (χ1) is 8.74. The lowest BCUT2D eigenvalue weighted by molar-refractivity contribution is 0.583. The summed E-state index contributed by atoms with van der Waals surface area (Å²) in [5.41, 5.74) is 1.86. The van der Waals surface area contributed by atoms with Crippen LogP contribution in [-0.2, 0) is 10.0 Å². The summed E-state index contributed by atoms with van der Waals surface area (Å²) in [4.78, 5) is 2.55. The Hall–Kier alpha value is -1.36. The van der Waals surface area contributed by atoms with Crippen molar-refractivity contribution in [2.45, 2.75) is 39.5 Å². The van der Waals surface area contributed by atoms with Crippen LogP contribution < -0.4 is 4.83 Å². The Morgan fingerprint density at radius 3 is 1.95 bits per heavy atom. The van der Waals surface area contributed by atoms with Gasteiger partial charge in [0.25, 0.3) is 10.0 Å². The van der Waals surface area contributed by atoms with E-state index in [0.29, 0.717) is 0 Å². The maximum absolute atomic E-state index is 12.1. The number of nitrogens with zero attached hydrogens (tertiary/aromatic N) is 1. The number of benzene rings is 1. The van der Waals surface area contributed by atoms with Gasteiger partial charge in [-0.25, -0.2) is 4.83 Å². The second-order valence-electron chi connectivity index (χ2n) is 5.25. The first-order valence-corrected chi connectivity index (χ1v) is 7.88. The molecule has 0 fully saturated rings. The zero-order valence-electron chi connectivity index (χ0n) is 12.1. The van der Waals surface area contributed by atoms with Crippen LogP contribution in [0.15, 0.2) is 34.3 Å². The highest BCUT2D eigenvalue weighted by Gasteiger charge is 2.15. The molecular weight excluding hydrogens is 260 g/mol. The minimum Gasteiger partial charge on any atom is -0.200 e. The molecule has 19 heavy (non-hydrogen) atoms. The van der Waals surface area contributed by atoms with Crippen LogP contribution in [0.5, 0.6) is 0 Å². The van der Waals surface area contributed by atoms with E-state index in [4.69, 9.17) is 0 Å². The Balaban J connectivity index is 2.97. The maximum Gasteiger partial charge on any atom is 0.276 e. The first-order valence-electron chi connectivity index (χ1n) is 6.40. The van der Waals surface area contributed by atoms with Crippen LogP contribution in [-0.4, -0.2) is 14.1 Å². The third kappa shape index (κ3) is 4.35. The lowest BCUT2D eigenvalue weighted by Gasteiger charge is -2.14. The Labute approximate surface area is 116 Å². The van der Waals surface area contributed by atoms with Crippen molar-refractivity contribution in [3.05, 3.63) is 29.8 Å². The van der Waals surface area contributed by atoms with Gasteiger partial charge in [0.15, 0.2) is 0 Å². The van der Waals surface area contributed by atoms with Gasteiger partial charge in [0, 0.05) is 5.71 Å². The zero-order chi connectivity index (χ0) is 14.6. The molecule has 0 amide bonds. The summed E-state index contributed by atoms with van der Waals surface area (Å²) in [6.07, 6.45) is 0. The van der Waals surface area contributed by atoms with Gasteiger partial charge in [-0.1, -0.05) is 45.4 Å². The second kappa shape index (κ2) is 6.19. The summed E-state index contributed by atoms with van der Waals surface area (Å²) < 4.78 is 24.1. The first kappa shape index (κ1) is 15.7. The van der Waals surface area contributed by atoms with Gasteiger partial charge in [0.1, 0.15) is 0 Å². The normalized spacial score (nSPS) is 11.7. The van der Waals surface area contributed by atoms with Crippen molar-refractivity contribution in [2.75, 3.05) is 0 Å². The third-order valence-electron chi connectivity index (χ3n) is 2.81. The number of aryl methyl sites for hydroxylation is 1. The quantitative estimate of drug-likeness (QED) is 0.667. The van der Waals surface area contributed by atoms with Gasteiger partial charge in [0.05, 0.1) is 4.90 Å². The van der Waals surface area contributed by atoms with Crippen molar-refractivity contribution in [3.63, 3.8) is 0 Å². The van der Waals surface area contributed by atoms with E-state index in [0.717, 1.165) is 11.3 Å². The number of hydrogen-bond donors (Lipinski definition) is 1. The number of nitrogens with one attached hydrogen (secondary N) is 1. The Kier molecular flexibility index (Phi) is 5.11. The topological polar surface area (TPSA) is 58.5 Å². The van der Waals surface area contributed by atoms with Crippen molar-refractivity contribution in [1.29, 1.82) is 0 Å². The molecule has 0 aromatic heterocycles. The summed E-state index contributed by atoms with van der Waals surface area (Å²) in [6.45, 7) is 9.91. The Morgan fingerprint density at radius 2 is 1.53 bits per heavy atom. The number of sulfonamides is 1. The van der Waals surface area contributed by atoms with Crippen molar-refractivity contribution in [1.82, 2.24) is 4.83 Å². The molecule has 1 aromatic rings. The van der Waals surface area contributed by atoms with E-state index in [1.165, 1.54) is 0 Å². The van der Waals surface area contributed by atoms with Crippen LogP contribution in [0.3, 0.4) is 0 Å². The molecule has 1 rings (SSSR count). The molecule has 0 radical (unpaired) electrons. The minimum atomic E-state index is -3.58. The van der Waals surface area contributed by atoms with E-state index in [2.05, 4.69) is 9.93 Å². The van der Waals surface area contributed by atoms with E-state index >= 15 is 0 Å². The number of hydrazone groups is 1. The fourth-order valence-corrected chi connectivity index (χ4v) is 2.63. The molecule has 1 N–H and O–H groups in total. The monoisotopic (exact) mass is 282 g/mol. The van der Waals surface area contributed by atoms with Gasteiger partial charge < -0.3 is 0 Å². The maximum atomic E-state index is 12.1. The molecule has 0 aliphatic heterocycles. The van der Waals surface area contributed by atoms with Crippen LogP contribution in [0.2, 0.25) is 0 Å². The van der Waals surface area contributed by atoms with Crippen LogP contribution >= 0.6 is 0 Å². The molecule has 106 valence electrons. The van der Waals surface area contributed by atoms with Crippen molar-refractivity contribution in [3.8, 4) is 0 Å². The smallest absolute Gasteiger partial charge is 0.200 e. The van der Waals surface area contributed by atoms with Gasteiger partial charge in [-0.05, 0) is 30.9 Å². The van der Waals surface area contributed by atoms with Crippen LogP contribution in [0.25, 0.3) is 0 Å². The van der Waals surface area contributed by atoms with Crippen LogP contribution in [0.4, 0.5) is 0 Å². The molecule has 0 aliphatic rings. The molecule has 0 unspecified atom stereocenters. The van der Waals surface area contributed by atoms with E-state index in [1.807, 2.05) is 34.6 Å². The predicted octanol–water partition coefficient (Wildman–Crippen LogP) is 2.94. The van der Waals surface area contributed by atoms with Crippen molar-refractivity contribution >= 4 is 15.7 Å². The molecular formula is C14H22N2O2S. The van der Waals surface area contributed by atoms with Gasteiger partial charge in [-0.3, -0.25) is 0 Å². The molecule has 1 aromatic carbocycles. The molecule has 0 atom stereocenters. The third-order valence-corrected chi connectivity index (χ3v) is 4.03. The van der Waals surface area contributed by atoms with E-state index in [-0.39, 0.29) is 16.7 Å². The SMILES string of the molecule is Cc1ccc(S(=O)(=O)NN=C(C(C)C)C(C)C)cc1. The second-order valence-corrected chi connectivity index (χ2v) is 6.91. The van der Waals surface area contributed by atoms with Crippen LogP contribution in [0.1, 0.15) is 33.3 Å². The highest BCUT2D eigenvalue weighted by molar-refractivity contribution is 7.89. The van der Waals surface area contributed by atoms with Crippen molar-refractivity contribution in [2.24, 2.45) is 16.9 Å².